The zero-order chi connectivity index (χ0) is 10.3. The van der Waals surface area contributed by atoms with Gasteiger partial charge in [0.05, 0.1) is 16.1 Å². The van der Waals surface area contributed by atoms with E-state index >= 15 is 0 Å². The number of fused-ring (bicyclic) bond motifs is 3. The second-order valence-electron chi connectivity index (χ2n) is 3.42. The molecule has 1 aromatic carbocycles. The zero-order valence-electron chi connectivity index (χ0n) is 8.32. The molecule has 0 aliphatic heterocycles. The van der Waals surface area contributed by atoms with Crippen molar-refractivity contribution in [2.75, 3.05) is 6.26 Å². The van der Waals surface area contributed by atoms with E-state index in [1.165, 1.54) is 5.39 Å². The Morgan fingerprint density at radius 3 is 2.80 bits per heavy atom. The Morgan fingerprint density at radius 2 is 1.93 bits per heavy atom. The van der Waals surface area contributed by atoms with E-state index in [1.807, 2.05) is 24.5 Å². The molecule has 2 nitrogen and oxygen atoms in total. The van der Waals surface area contributed by atoms with E-state index < -0.39 is 0 Å². The third-order valence-electron chi connectivity index (χ3n) is 2.53. The number of hydrogen-bond acceptors (Lipinski definition) is 2. The molecular weight excluding hydrogens is 204 g/mol. The van der Waals surface area contributed by atoms with Crippen molar-refractivity contribution in [1.29, 1.82) is 0 Å². The molecular formula is C12H10N2S. The third-order valence-corrected chi connectivity index (χ3v) is 3.18. The summed E-state index contributed by atoms with van der Waals surface area (Å²) in [7, 11) is 0. The van der Waals surface area contributed by atoms with E-state index in [1.54, 1.807) is 11.8 Å². The number of benzene rings is 1. The number of aromatic nitrogens is 2. The Hall–Kier alpha value is -1.48. The first-order chi connectivity index (χ1) is 7.38. The van der Waals surface area contributed by atoms with Crippen LogP contribution in [0.1, 0.15) is 0 Å². The summed E-state index contributed by atoms with van der Waals surface area (Å²) in [5, 5.41) is 2.26. The second-order valence-corrected chi connectivity index (χ2v) is 4.25. The minimum absolute atomic E-state index is 1.06. The van der Waals surface area contributed by atoms with Crippen molar-refractivity contribution < 1.29 is 0 Å². The maximum Gasteiger partial charge on any atom is 0.0971 e. The number of aromatic amines is 1. The van der Waals surface area contributed by atoms with Crippen LogP contribution in [-0.4, -0.2) is 16.2 Å². The molecule has 2 heterocycles. The van der Waals surface area contributed by atoms with Crippen LogP contribution in [0.3, 0.4) is 0 Å². The number of rotatable bonds is 1. The molecule has 74 valence electrons. The molecule has 0 saturated carbocycles. The first-order valence-electron chi connectivity index (χ1n) is 4.80. The summed E-state index contributed by atoms with van der Waals surface area (Å²) in [4.78, 5) is 7.97. The summed E-state index contributed by atoms with van der Waals surface area (Å²) in [6, 6.07) is 12.4. The quantitative estimate of drug-likeness (QED) is 0.629. The molecule has 0 atom stereocenters. The van der Waals surface area contributed by atoms with Crippen LogP contribution in [0.4, 0.5) is 0 Å². The highest BCUT2D eigenvalue weighted by Crippen LogP contribution is 2.25. The Kier molecular flexibility index (Phi) is 1.92. The maximum atomic E-state index is 4.61. The van der Waals surface area contributed by atoms with Gasteiger partial charge in [0.1, 0.15) is 0 Å². The number of thioether (sulfide) groups is 1. The molecule has 0 bridgehead atoms. The molecule has 0 fully saturated rings. The minimum atomic E-state index is 1.06. The SMILES string of the molecule is CSc1ccc2[nH]c3ccccc3c2n1. The molecule has 15 heavy (non-hydrogen) atoms. The highest BCUT2D eigenvalue weighted by molar-refractivity contribution is 7.98. The summed E-state index contributed by atoms with van der Waals surface area (Å²) in [6.07, 6.45) is 2.04. The van der Waals surface area contributed by atoms with Crippen molar-refractivity contribution in [3.05, 3.63) is 36.4 Å². The van der Waals surface area contributed by atoms with Crippen molar-refractivity contribution in [1.82, 2.24) is 9.97 Å². The molecule has 1 N–H and O–H groups in total. The number of pyridine rings is 1. The summed E-state index contributed by atoms with van der Waals surface area (Å²) in [6.45, 7) is 0. The van der Waals surface area contributed by atoms with Crippen LogP contribution in [0.25, 0.3) is 21.9 Å². The van der Waals surface area contributed by atoms with E-state index in [-0.39, 0.29) is 0 Å². The Morgan fingerprint density at radius 1 is 1.07 bits per heavy atom. The molecule has 0 aliphatic rings. The molecule has 0 unspecified atom stereocenters. The van der Waals surface area contributed by atoms with Crippen LogP contribution >= 0.6 is 11.8 Å². The first kappa shape index (κ1) is 8.80. The Bertz CT molecular complexity index is 628. The average molecular weight is 214 g/mol. The number of nitrogens with one attached hydrogen (secondary N) is 1. The Balaban J connectivity index is 2.46. The van der Waals surface area contributed by atoms with Gasteiger partial charge in [-0.05, 0) is 24.5 Å². The van der Waals surface area contributed by atoms with Gasteiger partial charge in [-0.25, -0.2) is 4.98 Å². The van der Waals surface area contributed by atoms with Gasteiger partial charge < -0.3 is 4.98 Å². The largest absolute Gasteiger partial charge is 0.353 e. The summed E-state index contributed by atoms with van der Waals surface area (Å²) in [5.41, 5.74) is 3.32. The highest BCUT2D eigenvalue weighted by atomic mass is 32.2. The number of para-hydroxylation sites is 1. The van der Waals surface area contributed by atoms with Gasteiger partial charge in [-0.3, -0.25) is 0 Å². The molecule has 3 heteroatoms. The molecule has 0 aliphatic carbocycles. The fourth-order valence-corrected chi connectivity index (χ4v) is 2.19. The molecule has 0 spiro atoms. The Labute approximate surface area is 91.7 Å². The first-order valence-corrected chi connectivity index (χ1v) is 6.02. The van der Waals surface area contributed by atoms with Gasteiger partial charge in [-0.1, -0.05) is 18.2 Å². The monoisotopic (exact) mass is 214 g/mol. The van der Waals surface area contributed by atoms with E-state index in [2.05, 4.69) is 28.2 Å². The molecule has 3 rings (SSSR count). The highest BCUT2D eigenvalue weighted by Gasteiger charge is 2.04. The van der Waals surface area contributed by atoms with Crippen LogP contribution in [0.15, 0.2) is 41.4 Å². The van der Waals surface area contributed by atoms with Gasteiger partial charge in [0, 0.05) is 10.9 Å². The molecule has 0 radical (unpaired) electrons. The van der Waals surface area contributed by atoms with Gasteiger partial charge in [-0.15, -0.1) is 11.8 Å². The lowest BCUT2D eigenvalue weighted by Crippen LogP contribution is -1.78. The van der Waals surface area contributed by atoms with Crippen molar-refractivity contribution >= 4 is 33.7 Å². The van der Waals surface area contributed by atoms with E-state index in [9.17, 15) is 0 Å². The van der Waals surface area contributed by atoms with Gasteiger partial charge in [-0.2, -0.15) is 0 Å². The summed E-state index contributed by atoms with van der Waals surface area (Å²) < 4.78 is 0. The lowest BCUT2D eigenvalue weighted by Gasteiger charge is -1.94. The second kappa shape index (κ2) is 3.28. The average Bonchev–Trinajstić information content (AvgIpc) is 2.66. The van der Waals surface area contributed by atoms with E-state index in [4.69, 9.17) is 0 Å². The van der Waals surface area contributed by atoms with E-state index in [0.717, 1.165) is 21.6 Å². The van der Waals surface area contributed by atoms with E-state index in [0.29, 0.717) is 0 Å². The van der Waals surface area contributed by atoms with Gasteiger partial charge in [0.25, 0.3) is 0 Å². The number of hydrogen-bond donors (Lipinski definition) is 1. The topological polar surface area (TPSA) is 28.7 Å². The molecule has 0 saturated heterocycles. The van der Waals surface area contributed by atoms with Crippen LogP contribution in [0, 0.1) is 0 Å². The number of nitrogens with zero attached hydrogens (tertiary/aromatic N) is 1. The third kappa shape index (κ3) is 1.31. The van der Waals surface area contributed by atoms with Crippen LogP contribution < -0.4 is 0 Å². The smallest absolute Gasteiger partial charge is 0.0971 e. The minimum Gasteiger partial charge on any atom is -0.353 e. The predicted molar refractivity (Wildman–Crippen MR) is 65.4 cm³/mol. The zero-order valence-corrected chi connectivity index (χ0v) is 9.14. The van der Waals surface area contributed by atoms with Crippen LogP contribution in [-0.2, 0) is 0 Å². The molecule has 0 amide bonds. The van der Waals surface area contributed by atoms with Crippen LogP contribution in [0.5, 0.6) is 0 Å². The van der Waals surface area contributed by atoms with Gasteiger partial charge >= 0.3 is 0 Å². The van der Waals surface area contributed by atoms with Crippen molar-refractivity contribution in [3.8, 4) is 0 Å². The standard InChI is InChI=1S/C12H10N2S/c1-15-11-7-6-10-12(14-11)8-4-2-3-5-9(8)13-10/h2-7,13H,1H3. The number of H-pyrrole nitrogens is 1. The lowest BCUT2D eigenvalue weighted by atomic mass is 10.2. The van der Waals surface area contributed by atoms with Crippen LogP contribution in [0.2, 0.25) is 0 Å². The van der Waals surface area contributed by atoms with Gasteiger partial charge in [0.15, 0.2) is 0 Å². The fourth-order valence-electron chi connectivity index (χ4n) is 1.80. The predicted octanol–water partition coefficient (Wildman–Crippen LogP) is 3.44. The maximum absolute atomic E-state index is 4.61. The van der Waals surface area contributed by atoms with Gasteiger partial charge in [0.2, 0.25) is 0 Å². The molecule has 2 aromatic heterocycles. The lowest BCUT2D eigenvalue weighted by molar-refractivity contribution is 1.20. The summed E-state index contributed by atoms with van der Waals surface area (Å²) >= 11 is 1.67. The molecule has 3 aromatic rings. The normalized spacial score (nSPS) is 11.3. The van der Waals surface area contributed by atoms with Crippen molar-refractivity contribution in [3.63, 3.8) is 0 Å². The summed E-state index contributed by atoms with van der Waals surface area (Å²) in [5.74, 6) is 0. The van der Waals surface area contributed by atoms with Crippen molar-refractivity contribution in [2.45, 2.75) is 5.03 Å². The fraction of sp³-hybridized carbons (Fsp3) is 0.0833. The van der Waals surface area contributed by atoms with Crippen molar-refractivity contribution in [2.24, 2.45) is 0 Å².